The van der Waals surface area contributed by atoms with Crippen LogP contribution in [-0.2, 0) is 11.2 Å². The maximum Gasteiger partial charge on any atom is 0.404 e. The fourth-order valence-electron chi connectivity index (χ4n) is 4.07. The lowest BCUT2D eigenvalue weighted by Gasteiger charge is -2.37. The summed E-state index contributed by atoms with van der Waals surface area (Å²) < 4.78 is 18.9. The SMILES string of the molecule is NC(=O)O[C@H]1CCN(C(=O)N2CCC2)[C@H]1Cc1cccc(-c2cccc(F)c2)c1. The lowest BCUT2D eigenvalue weighted by Crippen LogP contribution is -2.53. The van der Waals surface area contributed by atoms with Gasteiger partial charge in [0.1, 0.15) is 11.9 Å². The lowest BCUT2D eigenvalue weighted by atomic mass is 9.97. The van der Waals surface area contributed by atoms with E-state index in [4.69, 9.17) is 10.5 Å². The minimum Gasteiger partial charge on any atom is -0.444 e. The van der Waals surface area contributed by atoms with Crippen molar-refractivity contribution < 1.29 is 18.7 Å². The van der Waals surface area contributed by atoms with Gasteiger partial charge in [0.15, 0.2) is 0 Å². The Hall–Kier alpha value is -3.09. The van der Waals surface area contributed by atoms with Crippen molar-refractivity contribution in [2.75, 3.05) is 19.6 Å². The van der Waals surface area contributed by atoms with E-state index in [2.05, 4.69) is 0 Å². The molecule has 2 saturated heterocycles. The molecule has 4 rings (SSSR count). The highest BCUT2D eigenvalue weighted by Gasteiger charge is 2.41. The highest BCUT2D eigenvalue weighted by Crippen LogP contribution is 2.28. The van der Waals surface area contributed by atoms with Crippen molar-refractivity contribution in [3.8, 4) is 11.1 Å². The van der Waals surface area contributed by atoms with Gasteiger partial charge < -0.3 is 20.3 Å². The van der Waals surface area contributed by atoms with E-state index in [1.54, 1.807) is 11.0 Å². The van der Waals surface area contributed by atoms with Crippen LogP contribution in [0.5, 0.6) is 0 Å². The van der Waals surface area contributed by atoms with Gasteiger partial charge in [0.2, 0.25) is 0 Å². The number of benzene rings is 2. The molecule has 2 aliphatic rings. The van der Waals surface area contributed by atoms with E-state index in [1.165, 1.54) is 12.1 Å². The normalized spacial score (nSPS) is 21.0. The van der Waals surface area contributed by atoms with Crippen LogP contribution in [0.2, 0.25) is 0 Å². The van der Waals surface area contributed by atoms with Gasteiger partial charge in [-0.25, -0.2) is 14.0 Å². The van der Waals surface area contributed by atoms with Crippen LogP contribution in [0.1, 0.15) is 18.4 Å². The highest BCUT2D eigenvalue weighted by molar-refractivity contribution is 5.76. The van der Waals surface area contributed by atoms with E-state index < -0.39 is 12.2 Å². The van der Waals surface area contributed by atoms with Gasteiger partial charge in [0, 0.05) is 26.1 Å². The Kier molecular flexibility index (Phi) is 5.38. The van der Waals surface area contributed by atoms with Gasteiger partial charge in [-0.05, 0) is 41.7 Å². The van der Waals surface area contributed by atoms with Crippen molar-refractivity contribution in [3.63, 3.8) is 0 Å². The second kappa shape index (κ2) is 8.11. The number of ether oxygens (including phenoxy) is 1. The Morgan fingerprint density at radius 3 is 2.45 bits per heavy atom. The number of hydrogen-bond donors (Lipinski definition) is 1. The summed E-state index contributed by atoms with van der Waals surface area (Å²) in [7, 11) is 0. The summed E-state index contributed by atoms with van der Waals surface area (Å²) >= 11 is 0. The molecule has 2 aliphatic heterocycles. The molecule has 2 heterocycles. The molecule has 6 nitrogen and oxygen atoms in total. The van der Waals surface area contributed by atoms with Crippen molar-refractivity contribution >= 4 is 12.1 Å². The molecule has 0 saturated carbocycles. The molecule has 2 aromatic rings. The summed E-state index contributed by atoms with van der Waals surface area (Å²) in [5.74, 6) is -0.287. The second-order valence-electron chi connectivity index (χ2n) is 7.56. The Balaban J connectivity index is 1.57. The fraction of sp³-hybridized carbons (Fsp3) is 0.364. The number of carbonyl (C=O) groups is 2. The number of primary amides is 1. The average molecular weight is 397 g/mol. The zero-order chi connectivity index (χ0) is 20.4. The molecule has 3 amide bonds. The predicted octanol–water partition coefficient (Wildman–Crippen LogP) is 3.40. The van der Waals surface area contributed by atoms with Gasteiger partial charge in [-0.2, -0.15) is 0 Å². The van der Waals surface area contributed by atoms with Gasteiger partial charge in [-0.1, -0.05) is 36.4 Å². The molecule has 152 valence electrons. The summed E-state index contributed by atoms with van der Waals surface area (Å²) in [6.45, 7) is 2.05. The number of hydrogen-bond acceptors (Lipinski definition) is 3. The van der Waals surface area contributed by atoms with Crippen LogP contribution in [0.15, 0.2) is 48.5 Å². The summed E-state index contributed by atoms with van der Waals surface area (Å²) in [6, 6.07) is 13.9. The number of amides is 3. The van der Waals surface area contributed by atoms with Crippen molar-refractivity contribution in [3.05, 3.63) is 59.9 Å². The lowest BCUT2D eigenvalue weighted by molar-refractivity contribution is 0.0720. The van der Waals surface area contributed by atoms with E-state index in [9.17, 15) is 14.0 Å². The molecule has 2 fully saturated rings. The van der Waals surface area contributed by atoms with Crippen LogP contribution in [0.25, 0.3) is 11.1 Å². The third kappa shape index (κ3) is 4.18. The van der Waals surface area contributed by atoms with Gasteiger partial charge in [0.05, 0.1) is 6.04 Å². The standard InChI is InChI=1S/C22H24FN3O3/c23-18-7-2-6-17(14-18)16-5-1-4-15(12-16)13-19-20(29-21(24)27)8-11-26(19)22(28)25-9-3-10-25/h1-2,4-7,12,14,19-20H,3,8-11,13H2,(H2,24,27)/t19-,20-/m0/s1. The number of nitrogens with two attached hydrogens (primary N) is 1. The van der Waals surface area contributed by atoms with Crippen LogP contribution in [0.4, 0.5) is 14.0 Å². The molecule has 0 unspecified atom stereocenters. The Labute approximate surface area is 169 Å². The summed E-state index contributed by atoms with van der Waals surface area (Å²) in [6.07, 6.45) is 0.848. The maximum atomic E-state index is 13.6. The highest BCUT2D eigenvalue weighted by atomic mass is 19.1. The Bertz CT molecular complexity index is 916. The average Bonchev–Trinajstić information content (AvgIpc) is 3.02. The number of urea groups is 1. The molecule has 0 radical (unpaired) electrons. The van der Waals surface area contributed by atoms with Gasteiger partial charge in [-0.15, -0.1) is 0 Å². The van der Waals surface area contributed by atoms with E-state index >= 15 is 0 Å². The van der Waals surface area contributed by atoms with Gasteiger partial charge in [-0.3, -0.25) is 0 Å². The molecule has 2 atom stereocenters. The summed E-state index contributed by atoms with van der Waals surface area (Å²) in [5.41, 5.74) is 7.92. The molecule has 7 heteroatoms. The molecule has 2 aromatic carbocycles. The summed E-state index contributed by atoms with van der Waals surface area (Å²) in [5, 5.41) is 0. The molecule has 2 N–H and O–H groups in total. The van der Waals surface area contributed by atoms with Crippen molar-refractivity contribution in [2.45, 2.75) is 31.4 Å². The monoisotopic (exact) mass is 397 g/mol. The quantitative estimate of drug-likeness (QED) is 0.859. The van der Waals surface area contributed by atoms with Crippen LogP contribution >= 0.6 is 0 Å². The van der Waals surface area contributed by atoms with Crippen LogP contribution in [0.3, 0.4) is 0 Å². The predicted molar refractivity (Wildman–Crippen MR) is 107 cm³/mol. The summed E-state index contributed by atoms with van der Waals surface area (Å²) in [4.78, 5) is 27.8. The minimum atomic E-state index is -0.827. The van der Waals surface area contributed by atoms with E-state index in [-0.39, 0.29) is 17.9 Å². The van der Waals surface area contributed by atoms with Gasteiger partial charge >= 0.3 is 12.1 Å². The van der Waals surface area contributed by atoms with Crippen molar-refractivity contribution in [1.82, 2.24) is 9.80 Å². The van der Waals surface area contributed by atoms with Crippen LogP contribution in [-0.4, -0.2) is 53.7 Å². The van der Waals surface area contributed by atoms with Crippen molar-refractivity contribution in [2.24, 2.45) is 5.73 Å². The zero-order valence-electron chi connectivity index (χ0n) is 16.1. The number of carbonyl (C=O) groups excluding carboxylic acids is 2. The molecule has 0 aromatic heterocycles. The Morgan fingerprint density at radius 2 is 1.79 bits per heavy atom. The number of nitrogens with zero attached hydrogens (tertiary/aromatic N) is 2. The Morgan fingerprint density at radius 1 is 1.07 bits per heavy atom. The first-order valence-electron chi connectivity index (χ1n) is 9.88. The zero-order valence-corrected chi connectivity index (χ0v) is 16.1. The van der Waals surface area contributed by atoms with E-state index in [0.717, 1.165) is 36.2 Å². The van der Waals surface area contributed by atoms with Gasteiger partial charge in [0.25, 0.3) is 0 Å². The fourth-order valence-corrected chi connectivity index (χ4v) is 4.07. The number of likely N-dealkylation sites (tertiary alicyclic amines) is 2. The number of halogens is 1. The molecule has 0 bridgehead atoms. The topological polar surface area (TPSA) is 75.9 Å². The van der Waals surface area contributed by atoms with E-state index in [0.29, 0.717) is 19.4 Å². The van der Waals surface area contributed by atoms with Crippen molar-refractivity contribution in [1.29, 1.82) is 0 Å². The van der Waals surface area contributed by atoms with E-state index in [1.807, 2.05) is 35.2 Å². The van der Waals surface area contributed by atoms with Crippen LogP contribution in [0, 0.1) is 5.82 Å². The second-order valence-corrected chi connectivity index (χ2v) is 7.56. The molecular weight excluding hydrogens is 373 g/mol. The first-order chi connectivity index (χ1) is 14.0. The third-order valence-corrected chi connectivity index (χ3v) is 5.65. The molecule has 0 aliphatic carbocycles. The first-order valence-corrected chi connectivity index (χ1v) is 9.88. The first kappa shape index (κ1) is 19.2. The van der Waals surface area contributed by atoms with Crippen LogP contribution < -0.4 is 5.73 Å². The molecule has 0 spiro atoms. The maximum absolute atomic E-state index is 13.6. The molecule has 29 heavy (non-hydrogen) atoms. The number of rotatable bonds is 4. The smallest absolute Gasteiger partial charge is 0.404 e. The largest absolute Gasteiger partial charge is 0.444 e. The third-order valence-electron chi connectivity index (χ3n) is 5.65. The molecular formula is C22H24FN3O3. The minimum absolute atomic E-state index is 0.0156.